The van der Waals surface area contributed by atoms with Gasteiger partial charge in [0, 0.05) is 10.9 Å². The summed E-state index contributed by atoms with van der Waals surface area (Å²) in [4.78, 5) is 0.417. The van der Waals surface area contributed by atoms with Gasteiger partial charge in [-0.15, -0.1) is 0 Å². The number of alkyl halides is 1. The van der Waals surface area contributed by atoms with E-state index in [2.05, 4.69) is 15.9 Å². The van der Waals surface area contributed by atoms with Crippen molar-refractivity contribution in [3.63, 3.8) is 0 Å². The quantitative estimate of drug-likeness (QED) is 0.743. The first kappa shape index (κ1) is 10.9. The van der Waals surface area contributed by atoms with Crippen molar-refractivity contribution in [2.24, 2.45) is 0 Å². The van der Waals surface area contributed by atoms with Gasteiger partial charge in [0.05, 0.1) is 7.11 Å². The molecule has 2 unspecified atom stereocenters. The van der Waals surface area contributed by atoms with Crippen LogP contribution in [0.4, 0.5) is 4.39 Å². The van der Waals surface area contributed by atoms with Crippen LogP contribution in [0.25, 0.3) is 0 Å². The van der Waals surface area contributed by atoms with E-state index in [1.165, 1.54) is 12.5 Å². The Morgan fingerprint density at radius 2 is 2.20 bits per heavy atom. The molecule has 15 heavy (non-hydrogen) atoms. The summed E-state index contributed by atoms with van der Waals surface area (Å²) in [6, 6.07) is 5.14. The summed E-state index contributed by atoms with van der Waals surface area (Å²) in [5.41, 5.74) is 0.815. The molecule has 0 aliphatic heterocycles. The first-order valence-corrected chi connectivity index (χ1v) is 6.11. The topological polar surface area (TPSA) is 9.23 Å². The normalized spacial score (nSPS) is 25.5. The molecule has 0 bridgehead atoms. The second-order valence-electron chi connectivity index (χ2n) is 3.94. The van der Waals surface area contributed by atoms with Crippen LogP contribution in [-0.4, -0.2) is 11.9 Å². The smallest absolute Gasteiger partial charge is 0.130 e. The van der Waals surface area contributed by atoms with Gasteiger partial charge in [0.25, 0.3) is 0 Å². The Kier molecular flexibility index (Phi) is 3.29. The number of ether oxygens (including phenoxy) is 1. The summed E-state index contributed by atoms with van der Waals surface area (Å²) in [6.45, 7) is 0. The zero-order valence-corrected chi connectivity index (χ0v) is 10.3. The predicted molar refractivity (Wildman–Crippen MR) is 62.3 cm³/mol. The zero-order valence-electron chi connectivity index (χ0n) is 8.67. The molecule has 2 rings (SSSR count). The summed E-state index contributed by atoms with van der Waals surface area (Å²) < 4.78 is 18.7. The summed E-state index contributed by atoms with van der Waals surface area (Å²) in [7, 11) is 1.55. The molecule has 1 aliphatic rings. The van der Waals surface area contributed by atoms with Crippen molar-refractivity contribution in [2.45, 2.75) is 30.0 Å². The van der Waals surface area contributed by atoms with E-state index in [-0.39, 0.29) is 5.82 Å². The van der Waals surface area contributed by atoms with Crippen molar-refractivity contribution < 1.29 is 9.13 Å². The molecule has 2 atom stereocenters. The molecule has 1 nitrogen and oxygen atoms in total. The van der Waals surface area contributed by atoms with E-state index in [9.17, 15) is 4.39 Å². The van der Waals surface area contributed by atoms with Crippen LogP contribution in [0.1, 0.15) is 30.7 Å². The molecule has 1 fully saturated rings. The fourth-order valence-electron chi connectivity index (χ4n) is 2.20. The lowest BCUT2D eigenvalue weighted by Gasteiger charge is -2.15. The van der Waals surface area contributed by atoms with E-state index in [0.717, 1.165) is 18.4 Å². The highest BCUT2D eigenvalue weighted by atomic mass is 79.9. The lowest BCUT2D eigenvalue weighted by molar-refractivity contribution is 0.410. The van der Waals surface area contributed by atoms with E-state index in [0.29, 0.717) is 16.5 Å². The second kappa shape index (κ2) is 4.52. The Bertz CT molecular complexity index is 353. The number of methoxy groups -OCH3 is 1. The number of benzene rings is 1. The second-order valence-corrected chi connectivity index (χ2v) is 5.12. The molecule has 1 aromatic carbocycles. The van der Waals surface area contributed by atoms with Gasteiger partial charge in [-0.25, -0.2) is 4.39 Å². The average Bonchev–Trinajstić information content (AvgIpc) is 2.64. The molecule has 0 saturated heterocycles. The molecule has 0 N–H and O–H groups in total. The molecular weight excluding hydrogens is 259 g/mol. The highest BCUT2D eigenvalue weighted by Crippen LogP contribution is 2.40. The maximum Gasteiger partial charge on any atom is 0.130 e. The molecule has 1 aromatic rings. The van der Waals surface area contributed by atoms with Crippen molar-refractivity contribution in [1.82, 2.24) is 0 Å². The largest absolute Gasteiger partial charge is 0.497 e. The fraction of sp³-hybridized carbons (Fsp3) is 0.500. The van der Waals surface area contributed by atoms with Gasteiger partial charge < -0.3 is 4.74 Å². The minimum atomic E-state index is -0.147. The van der Waals surface area contributed by atoms with Crippen molar-refractivity contribution in [1.29, 1.82) is 0 Å². The van der Waals surface area contributed by atoms with E-state index in [4.69, 9.17) is 4.74 Å². The monoisotopic (exact) mass is 272 g/mol. The van der Waals surface area contributed by atoms with Crippen LogP contribution in [0.5, 0.6) is 5.75 Å². The van der Waals surface area contributed by atoms with Crippen LogP contribution in [0, 0.1) is 5.82 Å². The van der Waals surface area contributed by atoms with Crippen LogP contribution in [0.2, 0.25) is 0 Å². The molecular formula is C12H14BrFO. The van der Waals surface area contributed by atoms with Gasteiger partial charge in [-0.1, -0.05) is 28.4 Å². The number of rotatable bonds is 2. The molecule has 1 saturated carbocycles. The molecule has 3 heteroatoms. The van der Waals surface area contributed by atoms with E-state index < -0.39 is 0 Å². The minimum absolute atomic E-state index is 0.147. The van der Waals surface area contributed by atoms with Gasteiger partial charge in [-0.05, 0) is 30.4 Å². The molecule has 0 radical (unpaired) electrons. The van der Waals surface area contributed by atoms with E-state index in [1.54, 1.807) is 7.11 Å². The summed E-state index contributed by atoms with van der Waals surface area (Å²) in [5, 5.41) is 0. The van der Waals surface area contributed by atoms with Crippen molar-refractivity contribution in [3.05, 3.63) is 29.6 Å². The highest BCUT2D eigenvalue weighted by molar-refractivity contribution is 9.09. The number of hydrogen-bond acceptors (Lipinski definition) is 1. The van der Waals surface area contributed by atoms with E-state index >= 15 is 0 Å². The van der Waals surface area contributed by atoms with Gasteiger partial charge >= 0.3 is 0 Å². The van der Waals surface area contributed by atoms with Crippen LogP contribution >= 0.6 is 15.9 Å². The maximum atomic E-state index is 13.8. The predicted octanol–water partition coefficient (Wildman–Crippen LogP) is 3.87. The summed E-state index contributed by atoms with van der Waals surface area (Å²) in [6.07, 6.45) is 3.38. The van der Waals surface area contributed by atoms with Gasteiger partial charge in [0.1, 0.15) is 11.6 Å². The standard InChI is InChI=1S/C12H14BrFO/c1-15-8-5-6-10(12(14)7-8)9-3-2-4-11(9)13/h5-7,9,11H,2-4H2,1H3. The fourth-order valence-corrected chi connectivity index (χ4v) is 3.07. The third kappa shape index (κ3) is 2.17. The minimum Gasteiger partial charge on any atom is -0.497 e. The van der Waals surface area contributed by atoms with Crippen LogP contribution in [0.3, 0.4) is 0 Å². The Balaban J connectivity index is 2.28. The Morgan fingerprint density at radius 3 is 2.73 bits per heavy atom. The maximum absolute atomic E-state index is 13.8. The van der Waals surface area contributed by atoms with Crippen molar-refractivity contribution in [3.8, 4) is 5.75 Å². The molecule has 82 valence electrons. The summed E-state index contributed by atoms with van der Waals surface area (Å²) >= 11 is 3.61. The Morgan fingerprint density at radius 1 is 1.40 bits per heavy atom. The molecule has 0 spiro atoms. The summed E-state index contributed by atoms with van der Waals surface area (Å²) in [5.74, 6) is 0.752. The first-order chi connectivity index (χ1) is 7.22. The molecule has 0 aromatic heterocycles. The van der Waals surface area contributed by atoms with Gasteiger partial charge in [-0.3, -0.25) is 0 Å². The average molecular weight is 273 g/mol. The third-order valence-electron chi connectivity index (χ3n) is 3.04. The van der Waals surface area contributed by atoms with E-state index in [1.807, 2.05) is 12.1 Å². The Labute approximate surface area is 97.8 Å². The van der Waals surface area contributed by atoms with Crippen LogP contribution in [-0.2, 0) is 0 Å². The van der Waals surface area contributed by atoms with Crippen LogP contribution in [0.15, 0.2) is 18.2 Å². The SMILES string of the molecule is COc1ccc(C2CCCC2Br)c(F)c1. The lowest BCUT2D eigenvalue weighted by atomic mass is 9.97. The van der Waals surface area contributed by atoms with Gasteiger partial charge in [0.2, 0.25) is 0 Å². The number of halogens is 2. The van der Waals surface area contributed by atoms with Crippen molar-refractivity contribution >= 4 is 15.9 Å². The Hall–Kier alpha value is -0.570. The molecule has 0 heterocycles. The lowest BCUT2D eigenvalue weighted by Crippen LogP contribution is -2.06. The van der Waals surface area contributed by atoms with Gasteiger partial charge in [0.15, 0.2) is 0 Å². The number of hydrogen-bond donors (Lipinski definition) is 0. The third-order valence-corrected chi connectivity index (χ3v) is 4.13. The highest BCUT2D eigenvalue weighted by Gasteiger charge is 2.28. The first-order valence-electron chi connectivity index (χ1n) is 5.20. The van der Waals surface area contributed by atoms with Crippen molar-refractivity contribution in [2.75, 3.05) is 7.11 Å². The van der Waals surface area contributed by atoms with Crippen LogP contribution < -0.4 is 4.74 Å². The molecule has 1 aliphatic carbocycles. The van der Waals surface area contributed by atoms with Gasteiger partial charge in [-0.2, -0.15) is 0 Å². The molecule has 0 amide bonds. The zero-order chi connectivity index (χ0) is 10.8.